The molecule has 3 nitrogen and oxygen atoms in total. The summed E-state index contributed by atoms with van der Waals surface area (Å²) in [4.78, 5) is 3.93. The van der Waals surface area contributed by atoms with Crippen molar-refractivity contribution in [3.63, 3.8) is 0 Å². The van der Waals surface area contributed by atoms with Crippen molar-refractivity contribution in [2.45, 2.75) is 24.6 Å². The van der Waals surface area contributed by atoms with Crippen LogP contribution in [0.25, 0.3) is 0 Å². The fourth-order valence-corrected chi connectivity index (χ4v) is 0.197. The van der Waals surface area contributed by atoms with E-state index >= 15 is 0 Å². The molecule has 0 spiro atoms. The molecule has 104 valence electrons. The quantitative estimate of drug-likeness (QED) is 0.451. The Kier molecular flexibility index (Phi) is 4.24. The Morgan fingerprint density at radius 1 is 0.471 bits per heavy atom. The lowest BCUT2D eigenvalue weighted by Crippen LogP contribution is -2.43. The summed E-state index contributed by atoms with van der Waals surface area (Å²) in [6.07, 6.45) is -25.0. The highest BCUT2D eigenvalue weighted by Gasteiger charge is 2.64. The van der Waals surface area contributed by atoms with Gasteiger partial charge in [-0.3, -0.25) is 0 Å². The zero-order valence-corrected chi connectivity index (χ0v) is 7.00. The fourth-order valence-electron chi connectivity index (χ4n) is 0.197. The van der Waals surface area contributed by atoms with Gasteiger partial charge >= 0.3 is 24.6 Å². The normalized spacial score (nSPS) is 15.2. The van der Waals surface area contributed by atoms with Crippen LogP contribution in [0.15, 0.2) is 0 Å². The van der Waals surface area contributed by atoms with Gasteiger partial charge in [0, 0.05) is 0 Å². The van der Waals surface area contributed by atoms with Gasteiger partial charge < -0.3 is 0 Å². The summed E-state index contributed by atoms with van der Waals surface area (Å²) < 4.78 is 114. The summed E-state index contributed by atoms with van der Waals surface area (Å²) in [5.41, 5.74) is 0. The van der Waals surface area contributed by atoms with Crippen LogP contribution in [-0.2, 0) is 14.8 Å². The molecular formula is C4F10O3. The number of rotatable bonds is 4. The smallest absolute Gasteiger partial charge is 0.164 e. The summed E-state index contributed by atoms with van der Waals surface area (Å²) in [6, 6.07) is 0. The summed E-state index contributed by atoms with van der Waals surface area (Å²) in [5.74, 6) is 0. The molecule has 0 aromatic heterocycles. The van der Waals surface area contributed by atoms with E-state index in [4.69, 9.17) is 0 Å². The molecule has 0 aromatic carbocycles. The molecule has 0 amide bonds. The van der Waals surface area contributed by atoms with Crippen LogP contribution in [-0.4, -0.2) is 24.6 Å². The first-order valence-corrected chi connectivity index (χ1v) is 3.13. The number of alkyl halides is 10. The fraction of sp³-hybridized carbons (Fsp3) is 1.00. The van der Waals surface area contributed by atoms with E-state index in [-0.39, 0.29) is 0 Å². The van der Waals surface area contributed by atoms with Crippen LogP contribution in [0.2, 0.25) is 0 Å². The average Bonchev–Trinajstić information content (AvgIpc) is 1.98. The summed E-state index contributed by atoms with van der Waals surface area (Å²) >= 11 is 0. The Bertz CT molecular complexity index is 227. The lowest BCUT2D eigenvalue weighted by atomic mass is 10.6. The minimum atomic E-state index is -6.39. The first-order chi connectivity index (χ1) is 7.21. The van der Waals surface area contributed by atoms with Crippen molar-refractivity contribution >= 4 is 0 Å². The highest BCUT2D eigenvalue weighted by molar-refractivity contribution is 4.62. The maximum atomic E-state index is 11.7. The molecule has 0 aromatic rings. The van der Waals surface area contributed by atoms with Crippen LogP contribution in [0.4, 0.5) is 43.9 Å². The second-order valence-corrected chi connectivity index (χ2v) is 2.26. The van der Waals surface area contributed by atoms with Gasteiger partial charge in [-0.25, -0.2) is 0 Å². The van der Waals surface area contributed by atoms with E-state index in [0.29, 0.717) is 0 Å². The third kappa shape index (κ3) is 4.16. The molecule has 0 radical (unpaired) electrons. The van der Waals surface area contributed by atoms with E-state index in [1.54, 1.807) is 0 Å². The zero-order chi connectivity index (χ0) is 14.1. The van der Waals surface area contributed by atoms with E-state index in [1.165, 1.54) is 0 Å². The van der Waals surface area contributed by atoms with Crippen molar-refractivity contribution in [2.75, 3.05) is 0 Å². The molecule has 0 saturated carbocycles. The van der Waals surface area contributed by atoms with Gasteiger partial charge in [0.05, 0.1) is 0 Å². The SMILES string of the molecule is FC(F)(F)C(F)(F)OOOC(F)(F)C(F)(F)F. The predicted molar refractivity (Wildman–Crippen MR) is 25.3 cm³/mol. The van der Waals surface area contributed by atoms with Crippen molar-refractivity contribution < 1.29 is 58.7 Å². The summed E-state index contributed by atoms with van der Waals surface area (Å²) in [7, 11) is 0. The standard InChI is InChI=1S/C4F10O3/c5-1(6,7)3(11,12)15-17-16-4(13,14)2(8,9)10. The van der Waals surface area contributed by atoms with E-state index in [0.717, 1.165) is 0 Å². The molecule has 0 aliphatic heterocycles. The van der Waals surface area contributed by atoms with Crippen LogP contribution in [0, 0.1) is 0 Å². The molecule has 13 heteroatoms. The van der Waals surface area contributed by atoms with Crippen LogP contribution >= 0.6 is 0 Å². The average molecular weight is 286 g/mol. The van der Waals surface area contributed by atoms with Crippen LogP contribution in [0.5, 0.6) is 0 Å². The number of hydrogen-bond acceptors (Lipinski definition) is 3. The van der Waals surface area contributed by atoms with Crippen LogP contribution < -0.4 is 0 Å². The van der Waals surface area contributed by atoms with Crippen LogP contribution in [0.1, 0.15) is 0 Å². The highest BCUT2D eigenvalue weighted by atomic mass is 19.4. The van der Waals surface area contributed by atoms with Crippen molar-refractivity contribution in [3.05, 3.63) is 0 Å². The van der Waals surface area contributed by atoms with E-state index in [9.17, 15) is 43.9 Å². The number of hydrogen-bond donors (Lipinski definition) is 0. The topological polar surface area (TPSA) is 27.7 Å². The van der Waals surface area contributed by atoms with Gasteiger partial charge in [0.25, 0.3) is 0 Å². The Morgan fingerprint density at radius 2 is 0.706 bits per heavy atom. The molecule has 0 heterocycles. The van der Waals surface area contributed by atoms with Gasteiger partial charge in [0.15, 0.2) is 0 Å². The molecule has 0 bridgehead atoms. The molecule has 0 N–H and O–H groups in total. The molecule has 0 atom stereocenters. The Labute approximate surface area is 84.7 Å². The maximum Gasteiger partial charge on any atom is 0.485 e. The van der Waals surface area contributed by atoms with E-state index < -0.39 is 24.6 Å². The third-order valence-corrected chi connectivity index (χ3v) is 0.937. The summed E-state index contributed by atoms with van der Waals surface area (Å²) in [5, 5.41) is 2.08. The number of halogens is 10. The van der Waals surface area contributed by atoms with Crippen LogP contribution in [0.3, 0.4) is 0 Å². The van der Waals surface area contributed by atoms with E-state index in [2.05, 4.69) is 5.04 Å². The minimum Gasteiger partial charge on any atom is -0.164 e. The Morgan fingerprint density at radius 3 is 0.882 bits per heavy atom. The molecular weight excluding hydrogens is 286 g/mol. The Hall–Kier alpha value is -0.820. The van der Waals surface area contributed by atoms with Crippen molar-refractivity contribution in [1.82, 2.24) is 0 Å². The van der Waals surface area contributed by atoms with Gasteiger partial charge in [-0.05, 0) is 0 Å². The van der Waals surface area contributed by atoms with Crippen molar-refractivity contribution in [2.24, 2.45) is 0 Å². The van der Waals surface area contributed by atoms with Gasteiger partial charge in [0.2, 0.25) is 0 Å². The van der Waals surface area contributed by atoms with Gasteiger partial charge in [0.1, 0.15) is 0 Å². The zero-order valence-electron chi connectivity index (χ0n) is 7.00. The first-order valence-electron chi connectivity index (χ1n) is 3.13. The second-order valence-electron chi connectivity index (χ2n) is 2.26. The monoisotopic (exact) mass is 286 g/mol. The lowest BCUT2D eigenvalue weighted by molar-refractivity contribution is -0.659. The van der Waals surface area contributed by atoms with Crippen molar-refractivity contribution in [1.29, 1.82) is 0 Å². The highest BCUT2D eigenvalue weighted by Crippen LogP contribution is 2.39. The molecule has 0 rings (SSSR count). The Balaban J connectivity index is 4.36. The lowest BCUT2D eigenvalue weighted by Gasteiger charge is -2.20. The molecule has 0 saturated heterocycles. The van der Waals surface area contributed by atoms with Gasteiger partial charge in [-0.2, -0.15) is 43.9 Å². The second kappa shape index (κ2) is 4.45. The minimum absolute atomic E-state index is 1.96. The van der Waals surface area contributed by atoms with Gasteiger partial charge in [-0.1, -0.05) is 5.04 Å². The maximum absolute atomic E-state index is 11.7. The molecule has 0 fully saturated rings. The molecule has 0 aliphatic carbocycles. The van der Waals surface area contributed by atoms with Gasteiger partial charge in [-0.15, -0.1) is 9.78 Å². The first kappa shape index (κ1) is 16.2. The summed E-state index contributed by atoms with van der Waals surface area (Å²) in [6.45, 7) is 0. The third-order valence-electron chi connectivity index (χ3n) is 0.937. The molecule has 17 heavy (non-hydrogen) atoms. The van der Waals surface area contributed by atoms with E-state index in [1.807, 2.05) is 9.78 Å². The molecule has 0 aliphatic rings. The largest absolute Gasteiger partial charge is 0.485 e. The predicted octanol–water partition coefficient (Wildman–Crippen LogP) is 3.18. The van der Waals surface area contributed by atoms with Crippen molar-refractivity contribution in [3.8, 4) is 0 Å². The molecule has 0 unspecified atom stereocenters.